The summed E-state index contributed by atoms with van der Waals surface area (Å²) in [6.45, 7) is 8.73. The third kappa shape index (κ3) is 5.47. The van der Waals surface area contributed by atoms with Crippen LogP contribution < -0.4 is 20.1 Å². The molecule has 1 aromatic heterocycles. The summed E-state index contributed by atoms with van der Waals surface area (Å²) in [4.78, 5) is 10.5. The van der Waals surface area contributed by atoms with Crippen molar-refractivity contribution < 1.29 is 9.47 Å². The van der Waals surface area contributed by atoms with E-state index in [9.17, 15) is 0 Å². The lowest BCUT2D eigenvalue weighted by Crippen LogP contribution is -2.38. The van der Waals surface area contributed by atoms with Gasteiger partial charge in [0.25, 0.3) is 0 Å². The maximum Gasteiger partial charge on any atom is 0.231 e. The van der Waals surface area contributed by atoms with Crippen molar-refractivity contribution in [3.05, 3.63) is 39.3 Å². The van der Waals surface area contributed by atoms with Gasteiger partial charge in [-0.15, -0.1) is 35.3 Å². The summed E-state index contributed by atoms with van der Waals surface area (Å²) in [6.07, 6.45) is 0.897. The first-order chi connectivity index (χ1) is 12.2. The predicted octanol–water partition coefficient (Wildman–Crippen LogP) is 3.40. The molecule has 0 aliphatic carbocycles. The molecule has 26 heavy (non-hydrogen) atoms. The van der Waals surface area contributed by atoms with Crippen LogP contribution in [0.3, 0.4) is 0 Å². The molecular weight excluding hydrogens is 463 g/mol. The van der Waals surface area contributed by atoms with E-state index >= 15 is 0 Å². The summed E-state index contributed by atoms with van der Waals surface area (Å²) in [5, 5.41) is 7.81. The van der Waals surface area contributed by atoms with Gasteiger partial charge in [0.05, 0.1) is 17.2 Å². The standard InChI is InChI=1S/C18H24N4O2S.HI/c1-4-19-18(20-8-7-17-22-12(2)13(3)25-17)21-10-14-5-6-15-16(9-14)24-11-23-15;/h5-6,9H,4,7-8,10-11H2,1-3H3,(H2,19,20,21);1H. The van der Waals surface area contributed by atoms with E-state index in [2.05, 4.69) is 41.4 Å². The zero-order chi connectivity index (χ0) is 17.6. The molecule has 0 saturated carbocycles. The van der Waals surface area contributed by atoms with Crippen LogP contribution in [-0.4, -0.2) is 30.8 Å². The SMILES string of the molecule is CCNC(=NCc1ccc2c(c1)OCO2)NCCc1nc(C)c(C)s1.I. The molecular formula is C18H25IN4O2S. The van der Waals surface area contributed by atoms with Crippen LogP contribution in [-0.2, 0) is 13.0 Å². The molecule has 0 saturated heterocycles. The first kappa shape index (κ1) is 20.8. The second-order valence-corrected chi connectivity index (χ2v) is 7.10. The Labute approximate surface area is 175 Å². The average molecular weight is 488 g/mol. The Morgan fingerprint density at radius 1 is 1.23 bits per heavy atom. The number of aryl methyl sites for hydroxylation is 2. The second-order valence-electron chi connectivity index (χ2n) is 5.81. The number of benzene rings is 1. The molecule has 6 nitrogen and oxygen atoms in total. The Morgan fingerprint density at radius 3 is 2.77 bits per heavy atom. The molecule has 0 radical (unpaired) electrons. The molecule has 3 rings (SSSR count). The number of aliphatic imine (C=N–C) groups is 1. The number of nitrogens with one attached hydrogen (secondary N) is 2. The molecule has 1 aliphatic heterocycles. The van der Waals surface area contributed by atoms with Gasteiger partial charge in [0.15, 0.2) is 17.5 Å². The molecule has 0 spiro atoms. The molecule has 1 aromatic carbocycles. The van der Waals surface area contributed by atoms with E-state index in [0.717, 1.165) is 53.2 Å². The van der Waals surface area contributed by atoms with Gasteiger partial charge in [-0.1, -0.05) is 6.07 Å². The molecule has 2 heterocycles. The fourth-order valence-electron chi connectivity index (χ4n) is 2.49. The number of hydrogen-bond acceptors (Lipinski definition) is 5. The summed E-state index contributed by atoms with van der Waals surface area (Å²) in [7, 11) is 0. The highest BCUT2D eigenvalue weighted by Gasteiger charge is 2.13. The van der Waals surface area contributed by atoms with Crippen LogP contribution in [0.5, 0.6) is 11.5 Å². The largest absolute Gasteiger partial charge is 0.454 e. The van der Waals surface area contributed by atoms with Crippen LogP contribution in [0.2, 0.25) is 0 Å². The van der Waals surface area contributed by atoms with E-state index in [1.807, 2.05) is 18.2 Å². The second kappa shape index (κ2) is 9.96. The van der Waals surface area contributed by atoms with Crippen molar-refractivity contribution in [2.24, 2.45) is 4.99 Å². The minimum absolute atomic E-state index is 0. The van der Waals surface area contributed by atoms with Gasteiger partial charge in [-0.25, -0.2) is 9.98 Å². The van der Waals surface area contributed by atoms with E-state index in [4.69, 9.17) is 9.47 Å². The summed E-state index contributed by atoms with van der Waals surface area (Å²) in [5.74, 6) is 2.40. The van der Waals surface area contributed by atoms with Crippen LogP contribution in [0.15, 0.2) is 23.2 Å². The Balaban J connectivity index is 0.00000243. The van der Waals surface area contributed by atoms with Crippen LogP contribution in [0, 0.1) is 13.8 Å². The monoisotopic (exact) mass is 488 g/mol. The maximum atomic E-state index is 5.41. The van der Waals surface area contributed by atoms with Crippen molar-refractivity contribution in [3.63, 3.8) is 0 Å². The van der Waals surface area contributed by atoms with Crippen molar-refractivity contribution in [2.45, 2.75) is 33.7 Å². The van der Waals surface area contributed by atoms with Crippen molar-refractivity contribution in [3.8, 4) is 11.5 Å². The minimum Gasteiger partial charge on any atom is -0.454 e. The summed E-state index contributed by atoms with van der Waals surface area (Å²) >= 11 is 1.76. The molecule has 0 fully saturated rings. The van der Waals surface area contributed by atoms with Crippen molar-refractivity contribution in [1.29, 1.82) is 0 Å². The van der Waals surface area contributed by atoms with Gasteiger partial charge in [-0.2, -0.15) is 0 Å². The lowest BCUT2D eigenvalue weighted by molar-refractivity contribution is 0.174. The smallest absolute Gasteiger partial charge is 0.231 e. The van der Waals surface area contributed by atoms with Gasteiger partial charge in [0.2, 0.25) is 6.79 Å². The van der Waals surface area contributed by atoms with Gasteiger partial charge < -0.3 is 20.1 Å². The van der Waals surface area contributed by atoms with Gasteiger partial charge in [-0.3, -0.25) is 0 Å². The first-order valence-corrected chi connectivity index (χ1v) is 9.31. The number of aromatic nitrogens is 1. The van der Waals surface area contributed by atoms with Gasteiger partial charge in [0, 0.05) is 24.4 Å². The molecule has 0 amide bonds. The quantitative estimate of drug-likeness (QED) is 0.371. The lowest BCUT2D eigenvalue weighted by atomic mass is 10.2. The summed E-state index contributed by atoms with van der Waals surface area (Å²) in [5.41, 5.74) is 2.22. The van der Waals surface area contributed by atoms with Crippen LogP contribution in [0.4, 0.5) is 0 Å². The van der Waals surface area contributed by atoms with Gasteiger partial charge in [-0.05, 0) is 38.5 Å². The van der Waals surface area contributed by atoms with Crippen LogP contribution in [0.25, 0.3) is 0 Å². The number of nitrogens with zero attached hydrogens (tertiary/aromatic N) is 2. The van der Waals surface area contributed by atoms with E-state index in [0.29, 0.717) is 13.3 Å². The van der Waals surface area contributed by atoms with E-state index < -0.39 is 0 Å². The molecule has 0 bridgehead atoms. The van der Waals surface area contributed by atoms with Gasteiger partial charge >= 0.3 is 0 Å². The Hall–Kier alpha value is -1.55. The van der Waals surface area contributed by atoms with Crippen molar-refractivity contribution in [1.82, 2.24) is 15.6 Å². The normalized spacial score (nSPS) is 12.7. The Kier molecular flexibility index (Phi) is 7.95. The first-order valence-electron chi connectivity index (χ1n) is 8.49. The molecule has 0 atom stereocenters. The highest BCUT2D eigenvalue weighted by molar-refractivity contribution is 14.0. The summed E-state index contributed by atoms with van der Waals surface area (Å²) < 4.78 is 10.7. The number of fused-ring (bicyclic) bond motifs is 1. The number of rotatable bonds is 6. The van der Waals surface area contributed by atoms with E-state index in [1.165, 1.54) is 4.88 Å². The summed E-state index contributed by atoms with van der Waals surface area (Å²) in [6, 6.07) is 5.93. The van der Waals surface area contributed by atoms with Crippen LogP contribution >= 0.6 is 35.3 Å². The Bertz CT molecular complexity index is 744. The van der Waals surface area contributed by atoms with Crippen LogP contribution in [0.1, 0.15) is 28.1 Å². The fraction of sp³-hybridized carbons (Fsp3) is 0.444. The number of guanidine groups is 1. The molecule has 0 unspecified atom stereocenters. The number of thiazole rings is 1. The Morgan fingerprint density at radius 2 is 2.04 bits per heavy atom. The average Bonchev–Trinajstić information content (AvgIpc) is 3.18. The lowest BCUT2D eigenvalue weighted by Gasteiger charge is -2.10. The topological polar surface area (TPSA) is 67.8 Å². The fourth-order valence-corrected chi connectivity index (χ4v) is 3.42. The maximum absolute atomic E-state index is 5.41. The highest BCUT2D eigenvalue weighted by atomic mass is 127. The van der Waals surface area contributed by atoms with E-state index in [1.54, 1.807) is 11.3 Å². The zero-order valence-corrected chi connectivity index (χ0v) is 18.4. The van der Waals surface area contributed by atoms with Gasteiger partial charge in [0.1, 0.15) is 0 Å². The number of hydrogen-bond donors (Lipinski definition) is 2. The number of ether oxygens (including phenoxy) is 2. The highest BCUT2D eigenvalue weighted by Crippen LogP contribution is 2.32. The van der Waals surface area contributed by atoms with Crippen molar-refractivity contribution >= 4 is 41.3 Å². The third-order valence-corrected chi connectivity index (χ3v) is 5.04. The molecule has 8 heteroatoms. The molecule has 2 N–H and O–H groups in total. The minimum atomic E-state index is 0. The molecule has 2 aromatic rings. The molecule has 1 aliphatic rings. The van der Waals surface area contributed by atoms with E-state index in [-0.39, 0.29) is 24.0 Å². The molecule has 142 valence electrons. The number of halogens is 1. The third-order valence-electron chi connectivity index (χ3n) is 3.91. The predicted molar refractivity (Wildman–Crippen MR) is 116 cm³/mol. The van der Waals surface area contributed by atoms with Crippen molar-refractivity contribution in [2.75, 3.05) is 19.9 Å². The zero-order valence-electron chi connectivity index (χ0n) is 15.3.